The van der Waals surface area contributed by atoms with Crippen LogP contribution in [0.1, 0.15) is 33.1 Å². The quantitative estimate of drug-likeness (QED) is 0.673. The third kappa shape index (κ3) is 4.43. The molecule has 0 aromatic rings. The molecule has 0 aromatic carbocycles. The maximum Gasteiger partial charge on any atom is 0.00362 e. The van der Waals surface area contributed by atoms with Crippen molar-refractivity contribution in [2.24, 2.45) is 11.8 Å². The average Bonchev–Trinajstić information content (AvgIpc) is 2.81. The smallest absolute Gasteiger partial charge is 0.00362 e. The van der Waals surface area contributed by atoms with Gasteiger partial charge in [-0.05, 0) is 58.7 Å². The van der Waals surface area contributed by atoms with Crippen molar-refractivity contribution in [1.29, 1.82) is 0 Å². The van der Waals surface area contributed by atoms with Gasteiger partial charge in [-0.3, -0.25) is 0 Å². The lowest BCUT2D eigenvalue weighted by Crippen LogP contribution is -2.26. The van der Waals surface area contributed by atoms with Crippen LogP contribution in [0, 0.1) is 11.8 Å². The Morgan fingerprint density at radius 1 is 1.50 bits per heavy atom. The molecule has 0 aliphatic heterocycles. The molecule has 0 aromatic heterocycles. The molecule has 3 atom stereocenters. The molecular formula is C12H26N2. The highest BCUT2D eigenvalue weighted by molar-refractivity contribution is 4.84. The van der Waals surface area contributed by atoms with Crippen LogP contribution in [0.15, 0.2) is 0 Å². The molecule has 14 heavy (non-hydrogen) atoms. The highest BCUT2D eigenvalue weighted by Gasteiger charge is 2.32. The molecule has 1 rings (SSSR count). The van der Waals surface area contributed by atoms with Gasteiger partial charge in [0.05, 0.1) is 0 Å². The van der Waals surface area contributed by atoms with E-state index in [4.69, 9.17) is 0 Å². The normalized spacial score (nSPS) is 28.1. The minimum atomic E-state index is 0.670. The SMILES string of the molecule is CNC(C)CCCN(C)CC1CC1C. The first-order chi connectivity index (χ1) is 6.63. The van der Waals surface area contributed by atoms with Gasteiger partial charge in [0.25, 0.3) is 0 Å². The molecule has 0 saturated heterocycles. The molecule has 0 radical (unpaired) electrons. The molecule has 0 amide bonds. The molecule has 0 heterocycles. The van der Waals surface area contributed by atoms with Crippen LogP contribution in [0.3, 0.4) is 0 Å². The van der Waals surface area contributed by atoms with Crippen molar-refractivity contribution in [3.63, 3.8) is 0 Å². The van der Waals surface area contributed by atoms with Gasteiger partial charge in [-0.15, -0.1) is 0 Å². The molecule has 0 bridgehead atoms. The summed E-state index contributed by atoms with van der Waals surface area (Å²) in [6, 6.07) is 0.670. The van der Waals surface area contributed by atoms with E-state index < -0.39 is 0 Å². The van der Waals surface area contributed by atoms with Crippen molar-refractivity contribution >= 4 is 0 Å². The molecule has 84 valence electrons. The van der Waals surface area contributed by atoms with E-state index in [1.165, 1.54) is 32.4 Å². The topological polar surface area (TPSA) is 15.3 Å². The van der Waals surface area contributed by atoms with Gasteiger partial charge in [0.2, 0.25) is 0 Å². The molecule has 1 N–H and O–H groups in total. The third-order valence-corrected chi connectivity index (χ3v) is 3.49. The van der Waals surface area contributed by atoms with Gasteiger partial charge >= 0.3 is 0 Å². The highest BCUT2D eigenvalue weighted by atomic mass is 15.1. The summed E-state index contributed by atoms with van der Waals surface area (Å²) in [6.45, 7) is 7.19. The third-order valence-electron chi connectivity index (χ3n) is 3.49. The van der Waals surface area contributed by atoms with Crippen molar-refractivity contribution in [1.82, 2.24) is 10.2 Å². The number of hydrogen-bond acceptors (Lipinski definition) is 2. The van der Waals surface area contributed by atoms with Crippen LogP contribution >= 0.6 is 0 Å². The summed E-state index contributed by atoms with van der Waals surface area (Å²) < 4.78 is 0. The molecular weight excluding hydrogens is 172 g/mol. The molecule has 2 nitrogen and oxygen atoms in total. The molecule has 3 unspecified atom stereocenters. The average molecular weight is 198 g/mol. The maximum absolute atomic E-state index is 3.28. The van der Waals surface area contributed by atoms with Gasteiger partial charge in [-0.1, -0.05) is 6.92 Å². The number of rotatable bonds is 7. The van der Waals surface area contributed by atoms with Crippen LogP contribution in [0.4, 0.5) is 0 Å². The first-order valence-corrected chi connectivity index (χ1v) is 5.99. The minimum absolute atomic E-state index is 0.670. The van der Waals surface area contributed by atoms with Gasteiger partial charge in [0.15, 0.2) is 0 Å². The standard InChI is InChI=1S/C12H26N2/c1-10-8-12(10)9-14(4)7-5-6-11(2)13-3/h10-13H,5-9H2,1-4H3. The van der Waals surface area contributed by atoms with E-state index >= 15 is 0 Å². The second-order valence-corrected chi connectivity index (χ2v) is 5.07. The van der Waals surface area contributed by atoms with Crippen LogP contribution < -0.4 is 5.32 Å². The van der Waals surface area contributed by atoms with Crippen LogP contribution in [-0.4, -0.2) is 38.1 Å². The van der Waals surface area contributed by atoms with E-state index in [-0.39, 0.29) is 0 Å². The summed E-state index contributed by atoms with van der Waals surface area (Å²) in [7, 11) is 4.30. The van der Waals surface area contributed by atoms with Gasteiger partial charge in [-0.25, -0.2) is 0 Å². The Bertz CT molecular complexity index is 158. The molecule has 2 heteroatoms. The van der Waals surface area contributed by atoms with Crippen molar-refractivity contribution in [3.8, 4) is 0 Å². The summed E-state index contributed by atoms with van der Waals surface area (Å²) in [5.74, 6) is 2.00. The lowest BCUT2D eigenvalue weighted by molar-refractivity contribution is 0.302. The zero-order chi connectivity index (χ0) is 10.6. The zero-order valence-electron chi connectivity index (χ0n) is 10.2. The number of nitrogens with one attached hydrogen (secondary N) is 1. The second kappa shape index (κ2) is 5.72. The zero-order valence-corrected chi connectivity index (χ0v) is 10.2. The second-order valence-electron chi connectivity index (χ2n) is 5.07. The number of hydrogen-bond donors (Lipinski definition) is 1. The van der Waals surface area contributed by atoms with Crippen LogP contribution in [0.25, 0.3) is 0 Å². The Morgan fingerprint density at radius 2 is 2.14 bits per heavy atom. The van der Waals surface area contributed by atoms with Crippen LogP contribution in [0.2, 0.25) is 0 Å². The fraction of sp³-hybridized carbons (Fsp3) is 1.00. The Hall–Kier alpha value is -0.0800. The van der Waals surface area contributed by atoms with E-state index in [1.54, 1.807) is 0 Å². The highest BCUT2D eigenvalue weighted by Crippen LogP contribution is 2.37. The van der Waals surface area contributed by atoms with Crippen molar-refractivity contribution in [2.75, 3.05) is 27.2 Å². The predicted octanol–water partition coefficient (Wildman–Crippen LogP) is 1.96. The molecule has 1 fully saturated rings. The summed E-state index contributed by atoms with van der Waals surface area (Å²) in [4.78, 5) is 2.50. The fourth-order valence-electron chi connectivity index (χ4n) is 1.96. The molecule has 0 spiro atoms. The molecule has 1 aliphatic carbocycles. The van der Waals surface area contributed by atoms with Crippen LogP contribution in [-0.2, 0) is 0 Å². The van der Waals surface area contributed by atoms with Gasteiger partial charge in [0.1, 0.15) is 0 Å². The minimum Gasteiger partial charge on any atom is -0.317 e. The molecule has 1 aliphatic rings. The largest absolute Gasteiger partial charge is 0.317 e. The van der Waals surface area contributed by atoms with Gasteiger partial charge in [0, 0.05) is 12.6 Å². The van der Waals surface area contributed by atoms with Crippen LogP contribution in [0.5, 0.6) is 0 Å². The Balaban J connectivity index is 1.95. The Morgan fingerprint density at radius 3 is 2.64 bits per heavy atom. The lowest BCUT2D eigenvalue weighted by Gasteiger charge is -2.17. The van der Waals surface area contributed by atoms with Crippen molar-refractivity contribution in [2.45, 2.75) is 39.2 Å². The summed E-state index contributed by atoms with van der Waals surface area (Å²) in [5, 5.41) is 3.28. The lowest BCUT2D eigenvalue weighted by atomic mass is 10.2. The fourth-order valence-corrected chi connectivity index (χ4v) is 1.96. The first-order valence-electron chi connectivity index (χ1n) is 5.99. The monoisotopic (exact) mass is 198 g/mol. The van der Waals surface area contributed by atoms with E-state index in [9.17, 15) is 0 Å². The Kier molecular flexibility index (Phi) is 4.90. The van der Waals surface area contributed by atoms with E-state index in [2.05, 4.69) is 31.1 Å². The maximum atomic E-state index is 3.28. The van der Waals surface area contributed by atoms with Crippen molar-refractivity contribution < 1.29 is 0 Å². The van der Waals surface area contributed by atoms with E-state index in [1.807, 2.05) is 7.05 Å². The van der Waals surface area contributed by atoms with E-state index in [0.29, 0.717) is 6.04 Å². The van der Waals surface area contributed by atoms with E-state index in [0.717, 1.165) is 11.8 Å². The predicted molar refractivity (Wildman–Crippen MR) is 62.5 cm³/mol. The number of nitrogens with zero attached hydrogens (tertiary/aromatic N) is 1. The van der Waals surface area contributed by atoms with Crippen molar-refractivity contribution in [3.05, 3.63) is 0 Å². The van der Waals surface area contributed by atoms with Gasteiger partial charge < -0.3 is 10.2 Å². The van der Waals surface area contributed by atoms with Gasteiger partial charge in [-0.2, -0.15) is 0 Å². The Labute approximate surface area is 89.1 Å². The molecule has 1 saturated carbocycles. The summed E-state index contributed by atoms with van der Waals surface area (Å²) in [6.07, 6.45) is 4.07. The first kappa shape index (κ1) is 12.0. The summed E-state index contributed by atoms with van der Waals surface area (Å²) in [5.41, 5.74) is 0. The summed E-state index contributed by atoms with van der Waals surface area (Å²) >= 11 is 0.